The fraction of sp³-hybridized carbons (Fsp3) is 0.240. The van der Waals surface area contributed by atoms with Gasteiger partial charge in [0.2, 0.25) is 0 Å². The zero-order valence-corrected chi connectivity index (χ0v) is 17.6. The number of hydrogen-bond acceptors (Lipinski definition) is 2. The highest BCUT2D eigenvalue weighted by molar-refractivity contribution is 6.32. The van der Waals surface area contributed by atoms with Crippen molar-refractivity contribution in [3.63, 3.8) is 0 Å². The van der Waals surface area contributed by atoms with E-state index in [1.54, 1.807) is 0 Å². The lowest BCUT2D eigenvalue weighted by atomic mass is 9.98. The van der Waals surface area contributed by atoms with Gasteiger partial charge in [-0.25, -0.2) is 4.98 Å². The van der Waals surface area contributed by atoms with Crippen molar-refractivity contribution in [2.24, 2.45) is 0 Å². The van der Waals surface area contributed by atoms with Crippen molar-refractivity contribution in [2.45, 2.75) is 39.3 Å². The zero-order valence-electron chi connectivity index (χ0n) is 16.8. The number of para-hydroxylation sites is 3. The van der Waals surface area contributed by atoms with Gasteiger partial charge >= 0.3 is 0 Å². The molecule has 0 bridgehead atoms. The molecule has 148 valence electrons. The Kier molecular flexibility index (Phi) is 5.86. The molecule has 0 aliphatic rings. The topological polar surface area (TPSA) is 27.1 Å². The molecule has 1 aromatic heterocycles. The molecule has 1 atom stereocenters. The first-order chi connectivity index (χ1) is 14.2. The average molecular weight is 405 g/mol. The lowest BCUT2D eigenvalue weighted by Crippen LogP contribution is -2.08. The summed E-state index contributed by atoms with van der Waals surface area (Å²) < 4.78 is 8.21. The molecule has 0 N–H and O–H groups in total. The molecule has 29 heavy (non-hydrogen) atoms. The summed E-state index contributed by atoms with van der Waals surface area (Å²) in [4.78, 5) is 4.81. The second-order valence-electron chi connectivity index (χ2n) is 7.37. The number of nitrogens with zero attached hydrogens (tertiary/aromatic N) is 2. The molecule has 1 unspecified atom stereocenters. The van der Waals surface area contributed by atoms with Gasteiger partial charge in [0.05, 0.1) is 16.1 Å². The Morgan fingerprint density at radius 1 is 0.966 bits per heavy atom. The van der Waals surface area contributed by atoms with Crippen LogP contribution in [0.1, 0.15) is 43.1 Å². The summed E-state index contributed by atoms with van der Waals surface area (Å²) in [6.45, 7) is 5.61. The van der Waals surface area contributed by atoms with E-state index in [1.165, 1.54) is 11.1 Å². The predicted octanol–water partition coefficient (Wildman–Crippen LogP) is 6.83. The third kappa shape index (κ3) is 4.30. The molecule has 3 nitrogen and oxygen atoms in total. The molecule has 0 saturated carbocycles. The molecule has 0 fully saturated rings. The maximum absolute atomic E-state index is 6.24. The van der Waals surface area contributed by atoms with E-state index in [-0.39, 0.29) is 0 Å². The summed E-state index contributed by atoms with van der Waals surface area (Å²) >= 11 is 6.24. The fourth-order valence-corrected chi connectivity index (χ4v) is 3.68. The van der Waals surface area contributed by atoms with Crippen LogP contribution in [-0.2, 0) is 13.2 Å². The first kappa shape index (κ1) is 19.5. The minimum absolute atomic E-state index is 0.364. The number of ether oxygens (including phenoxy) is 1. The number of benzene rings is 3. The minimum Gasteiger partial charge on any atom is -0.484 e. The monoisotopic (exact) mass is 404 g/mol. The number of halogens is 1. The van der Waals surface area contributed by atoms with Crippen LogP contribution in [0, 0.1) is 0 Å². The molecular formula is C25H25ClN2O. The molecule has 4 rings (SSSR count). The number of rotatable bonds is 7. The second kappa shape index (κ2) is 8.71. The molecule has 4 heteroatoms. The smallest absolute Gasteiger partial charge is 0.148 e. The quantitative estimate of drug-likeness (QED) is 0.337. The maximum Gasteiger partial charge on any atom is 0.148 e. The van der Waals surface area contributed by atoms with E-state index in [4.69, 9.17) is 21.3 Å². The summed E-state index contributed by atoms with van der Waals surface area (Å²) in [5.74, 6) is 2.14. The zero-order chi connectivity index (χ0) is 20.2. The van der Waals surface area contributed by atoms with Crippen LogP contribution in [0.15, 0.2) is 72.8 Å². The second-order valence-corrected chi connectivity index (χ2v) is 7.78. The summed E-state index contributed by atoms with van der Waals surface area (Å²) in [5, 5.41) is 0.607. The van der Waals surface area contributed by atoms with E-state index in [0.717, 1.165) is 29.8 Å². The number of aromatic nitrogens is 2. The Bertz CT molecular complexity index is 1100. The van der Waals surface area contributed by atoms with Crippen LogP contribution in [0.25, 0.3) is 11.0 Å². The van der Waals surface area contributed by atoms with E-state index >= 15 is 0 Å². The van der Waals surface area contributed by atoms with E-state index in [9.17, 15) is 0 Å². The van der Waals surface area contributed by atoms with Crippen molar-refractivity contribution in [2.75, 3.05) is 0 Å². The fourth-order valence-electron chi connectivity index (χ4n) is 3.49. The van der Waals surface area contributed by atoms with Crippen molar-refractivity contribution < 1.29 is 4.74 Å². The molecule has 0 spiro atoms. The molecule has 0 radical (unpaired) electrons. The summed E-state index contributed by atoms with van der Waals surface area (Å²) in [6.07, 6.45) is 1.15. The van der Waals surface area contributed by atoms with Gasteiger partial charge in [0, 0.05) is 6.54 Å². The predicted molar refractivity (Wildman–Crippen MR) is 120 cm³/mol. The maximum atomic E-state index is 6.24. The molecule has 4 aromatic rings. The number of imidazole rings is 1. The van der Waals surface area contributed by atoms with Crippen molar-refractivity contribution >= 4 is 22.6 Å². The summed E-state index contributed by atoms with van der Waals surface area (Å²) in [7, 11) is 0. The van der Waals surface area contributed by atoms with E-state index in [2.05, 4.69) is 48.7 Å². The van der Waals surface area contributed by atoms with Crippen molar-refractivity contribution in [3.8, 4) is 5.75 Å². The standard InChI is InChI=1S/C25H25ClN2O/c1-3-18(2)20-14-12-19(13-15-20)16-28-23-10-6-5-9-22(23)27-25(28)17-29-24-11-7-4-8-21(24)26/h4-15,18H,3,16-17H2,1-2H3. The normalized spacial score (nSPS) is 12.2. The number of fused-ring (bicyclic) bond motifs is 1. The Morgan fingerprint density at radius 3 is 2.45 bits per heavy atom. The van der Waals surface area contributed by atoms with Gasteiger partial charge in [-0.15, -0.1) is 0 Å². The largest absolute Gasteiger partial charge is 0.484 e. The third-order valence-electron chi connectivity index (χ3n) is 5.43. The molecule has 0 aliphatic heterocycles. The van der Waals surface area contributed by atoms with Gasteiger partial charge in [-0.3, -0.25) is 0 Å². The van der Waals surface area contributed by atoms with Crippen LogP contribution in [0.2, 0.25) is 5.02 Å². The highest BCUT2D eigenvalue weighted by atomic mass is 35.5. The van der Waals surface area contributed by atoms with Gasteiger partial charge in [0.1, 0.15) is 18.2 Å². The van der Waals surface area contributed by atoms with Crippen LogP contribution in [0.3, 0.4) is 0 Å². The lowest BCUT2D eigenvalue weighted by molar-refractivity contribution is 0.291. The van der Waals surface area contributed by atoms with E-state index in [1.807, 2.05) is 42.5 Å². The molecule has 0 saturated heterocycles. The first-order valence-electron chi connectivity index (χ1n) is 10.1. The van der Waals surface area contributed by atoms with Crippen LogP contribution in [0.5, 0.6) is 5.75 Å². The lowest BCUT2D eigenvalue weighted by Gasteiger charge is -2.13. The molecule has 0 aliphatic carbocycles. The Labute approximate surface area is 176 Å². The van der Waals surface area contributed by atoms with Crippen LogP contribution >= 0.6 is 11.6 Å². The molecule has 0 amide bonds. The highest BCUT2D eigenvalue weighted by Gasteiger charge is 2.13. The SMILES string of the molecule is CCC(C)c1ccc(Cn2c(COc3ccccc3Cl)nc3ccccc32)cc1. The first-order valence-corrected chi connectivity index (χ1v) is 10.4. The van der Waals surface area contributed by atoms with Crippen LogP contribution in [0.4, 0.5) is 0 Å². The Morgan fingerprint density at radius 2 is 1.69 bits per heavy atom. The van der Waals surface area contributed by atoms with E-state index in [0.29, 0.717) is 23.3 Å². The van der Waals surface area contributed by atoms with Crippen molar-refractivity contribution in [1.29, 1.82) is 0 Å². The molecular weight excluding hydrogens is 380 g/mol. The molecule has 3 aromatic carbocycles. The van der Waals surface area contributed by atoms with Crippen LogP contribution < -0.4 is 4.74 Å². The van der Waals surface area contributed by atoms with Gasteiger partial charge in [-0.05, 0) is 47.7 Å². The van der Waals surface area contributed by atoms with Gasteiger partial charge in [-0.2, -0.15) is 0 Å². The highest BCUT2D eigenvalue weighted by Crippen LogP contribution is 2.26. The number of hydrogen-bond donors (Lipinski definition) is 0. The minimum atomic E-state index is 0.364. The molecule has 1 heterocycles. The average Bonchev–Trinajstić information content (AvgIpc) is 3.10. The summed E-state index contributed by atoms with van der Waals surface area (Å²) in [6, 6.07) is 24.6. The third-order valence-corrected chi connectivity index (χ3v) is 5.74. The Hall–Kier alpha value is -2.78. The van der Waals surface area contributed by atoms with Crippen LogP contribution in [-0.4, -0.2) is 9.55 Å². The van der Waals surface area contributed by atoms with Crippen molar-refractivity contribution in [1.82, 2.24) is 9.55 Å². The summed E-state index contributed by atoms with van der Waals surface area (Å²) in [5.41, 5.74) is 4.71. The van der Waals surface area contributed by atoms with Gasteiger partial charge in [-0.1, -0.05) is 74.0 Å². The van der Waals surface area contributed by atoms with Gasteiger partial charge in [0.25, 0.3) is 0 Å². The van der Waals surface area contributed by atoms with E-state index < -0.39 is 0 Å². The van der Waals surface area contributed by atoms with Crippen molar-refractivity contribution in [3.05, 3.63) is 94.8 Å². The van der Waals surface area contributed by atoms with Gasteiger partial charge < -0.3 is 9.30 Å². The Balaban J connectivity index is 1.62. The van der Waals surface area contributed by atoms with Gasteiger partial charge in [0.15, 0.2) is 0 Å².